The second-order valence-corrected chi connectivity index (χ2v) is 14.8. The van der Waals surface area contributed by atoms with Crippen LogP contribution in [0.25, 0.3) is 0 Å². The van der Waals surface area contributed by atoms with E-state index in [4.69, 9.17) is 20.3 Å². The van der Waals surface area contributed by atoms with Crippen molar-refractivity contribution in [1.82, 2.24) is 4.72 Å². The van der Waals surface area contributed by atoms with Gasteiger partial charge in [0, 0.05) is 19.2 Å². The number of hydrogen-bond acceptors (Lipinski definition) is 7. The molecule has 0 aliphatic heterocycles. The molecule has 0 unspecified atom stereocenters. The summed E-state index contributed by atoms with van der Waals surface area (Å²) in [7, 11) is -0.137. The number of ether oxygens (including phenoxy) is 2. The van der Waals surface area contributed by atoms with E-state index in [-0.39, 0.29) is 80.6 Å². The van der Waals surface area contributed by atoms with E-state index in [1.54, 1.807) is 24.3 Å². The molecule has 0 aromatic heterocycles. The van der Waals surface area contributed by atoms with Crippen LogP contribution < -0.4 is 10.5 Å². The van der Waals surface area contributed by atoms with E-state index in [2.05, 4.69) is 18.6 Å². The zero-order chi connectivity index (χ0) is 35.3. The second kappa shape index (κ2) is 31.7. The minimum Gasteiger partial charge on any atom is -0.459 e. The van der Waals surface area contributed by atoms with Gasteiger partial charge in [0.25, 0.3) is 0 Å². The number of carbonyl (C=O) groups is 2. The molecule has 0 bridgehead atoms. The summed E-state index contributed by atoms with van der Waals surface area (Å²) in [4.78, 5) is 23.7. The minimum atomic E-state index is -1.14. The highest BCUT2D eigenvalue weighted by atomic mass is 35.5. The number of unbranched alkanes of at least 4 members (excludes halogenated alkanes) is 4. The molecule has 0 spiro atoms. The van der Waals surface area contributed by atoms with E-state index in [1.807, 2.05) is 72.7 Å². The van der Waals surface area contributed by atoms with Gasteiger partial charge in [0.1, 0.15) is 0 Å². The number of nitrogens with two attached hydrogens (primary N) is 1. The molecule has 0 fully saturated rings. The maximum absolute atomic E-state index is 12.5. The summed E-state index contributed by atoms with van der Waals surface area (Å²) in [5.74, 6) is -0.587. The summed E-state index contributed by atoms with van der Waals surface area (Å²) < 4.78 is 25.8. The summed E-state index contributed by atoms with van der Waals surface area (Å²) in [6.45, 7) is 17.6. The smallest absolute Gasteiger partial charge is 0.338 e. The van der Waals surface area contributed by atoms with Crippen molar-refractivity contribution in [3.05, 3.63) is 78.2 Å². The van der Waals surface area contributed by atoms with Crippen molar-refractivity contribution < 1.29 is 28.4 Å². The largest absolute Gasteiger partial charge is 0.459 e. The second-order valence-electron chi connectivity index (χ2n) is 12.8. The highest BCUT2D eigenvalue weighted by Gasteiger charge is 2.24. The molecule has 0 saturated carbocycles. The Morgan fingerprint density at radius 2 is 1.10 bits per heavy atom. The molecule has 0 radical (unpaired) electrons. The first-order chi connectivity index (χ1) is 21.7. The van der Waals surface area contributed by atoms with Gasteiger partial charge in [0.2, 0.25) is 0 Å². The molecule has 3 atom stereocenters. The van der Waals surface area contributed by atoms with Crippen LogP contribution in [-0.4, -0.2) is 45.3 Å². The lowest BCUT2D eigenvalue weighted by molar-refractivity contribution is 0.0367. The first-order valence-corrected chi connectivity index (χ1v) is 17.8. The van der Waals surface area contributed by atoms with Gasteiger partial charge in [-0.05, 0) is 96.7 Å². The van der Waals surface area contributed by atoms with Gasteiger partial charge >= 0.3 is 11.9 Å². The Balaban J connectivity index is -0.000000245. The lowest BCUT2D eigenvalue weighted by atomic mass is 10.00. The summed E-state index contributed by atoms with van der Waals surface area (Å²) in [6, 6.07) is 14.9. The molecule has 11 heteroatoms. The monoisotopic (exact) mass is 765 g/mol. The third-order valence-corrected chi connectivity index (χ3v) is 8.44. The van der Waals surface area contributed by atoms with Crippen molar-refractivity contribution in [1.29, 1.82) is 0 Å². The number of benzene rings is 2. The molecule has 2 aromatic rings. The average molecular weight is 767 g/mol. The normalized spacial score (nSPS) is 12.0. The van der Waals surface area contributed by atoms with Gasteiger partial charge in [-0.3, -0.25) is 0 Å². The minimum absolute atomic E-state index is 0. The molecule has 2 rings (SSSR count). The number of halogens is 2. The van der Waals surface area contributed by atoms with E-state index in [0.29, 0.717) is 11.1 Å². The van der Waals surface area contributed by atoms with Crippen molar-refractivity contribution in [3.8, 4) is 0 Å². The Bertz CT molecular complexity index is 1140. The van der Waals surface area contributed by atoms with E-state index < -0.39 is 11.0 Å². The molecular formula is C39H71Cl2N2O6S-. The molecular weight excluding hydrogens is 695 g/mol. The molecule has 0 aliphatic carbocycles. The molecule has 0 heterocycles. The molecule has 0 saturated heterocycles. The van der Waals surface area contributed by atoms with Crippen LogP contribution in [-0.2, 0) is 20.5 Å². The van der Waals surface area contributed by atoms with Crippen LogP contribution in [0.2, 0.25) is 0 Å². The van der Waals surface area contributed by atoms with Crippen LogP contribution in [0.1, 0.15) is 165 Å². The Morgan fingerprint density at radius 3 is 1.44 bits per heavy atom. The maximum atomic E-state index is 12.5. The predicted molar refractivity (Wildman–Crippen MR) is 219 cm³/mol. The third-order valence-electron chi connectivity index (χ3n) is 6.83. The average Bonchev–Trinajstić information content (AvgIpc) is 3.01. The van der Waals surface area contributed by atoms with Crippen molar-refractivity contribution in [3.63, 3.8) is 0 Å². The van der Waals surface area contributed by atoms with Crippen molar-refractivity contribution in [2.45, 2.75) is 150 Å². The summed E-state index contributed by atoms with van der Waals surface area (Å²) in [6.07, 6.45) is 8.62. The predicted octanol–water partition coefficient (Wildman–Crippen LogP) is 10.3. The number of carbonyl (C=O) groups excluding carboxylic acids is 2. The number of esters is 2. The topological polar surface area (TPSA) is 128 Å². The quantitative estimate of drug-likeness (QED) is 0.0882. The van der Waals surface area contributed by atoms with Crippen molar-refractivity contribution in [2.24, 2.45) is 5.73 Å². The number of aliphatic hydroxyl groups excluding tert-OH is 1. The van der Waals surface area contributed by atoms with E-state index >= 15 is 0 Å². The molecule has 294 valence electrons. The number of rotatable bonds is 16. The summed E-state index contributed by atoms with van der Waals surface area (Å²) in [5, 5.41) is 7.00. The summed E-state index contributed by atoms with van der Waals surface area (Å²) in [5.41, 5.74) is 9.38. The maximum Gasteiger partial charge on any atom is 0.338 e. The summed E-state index contributed by atoms with van der Waals surface area (Å²) >= 11 is 0. The first kappa shape index (κ1) is 57.3. The zero-order valence-electron chi connectivity index (χ0n) is 31.9. The van der Waals surface area contributed by atoms with Gasteiger partial charge in [-0.15, -0.1) is 24.8 Å². The Hall–Kier alpha value is -2.01. The standard InChI is InChI=1S/C20H33NO3S.C16H25NO2.CH4O.CH4.CH3.2ClH/c1-7-8-9-10-18(21-25(23)20(4,5)6)16-11-13-17(14-12-16)19(22)24-15(2)3;1-4-5-6-7-15(17)13-8-10-14(11-9-13)16(18)19-12(2)3;1-2;;;;/h11-15,18,21H,7-10H2,1-6H3;8-12,15H,4-7,17H2,1-3H3;2H,1H3;1H4;1H3;2*1H/q;;;;-1;;/t18-,25+;15-;;;;;/m11...../s1. The zero-order valence-corrected chi connectivity index (χ0v) is 34.3. The SMILES string of the molecule is C.CCCCC[C@@H](N)c1ccc(C(=O)OC(C)C)cc1.CCCCC[C@@H](N[S@@](=O)C(C)(C)C)c1ccc(C(=O)OC(C)C)cc1.CO.Cl.Cl.[CH3-]. The lowest BCUT2D eigenvalue weighted by Gasteiger charge is -2.25. The third kappa shape index (κ3) is 24.2. The molecule has 0 aliphatic rings. The lowest BCUT2D eigenvalue weighted by Crippen LogP contribution is -2.35. The fourth-order valence-electron chi connectivity index (χ4n) is 4.26. The Kier molecular flexibility index (Phi) is 36.4. The Morgan fingerprint density at radius 1 is 0.740 bits per heavy atom. The van der Waals surface area contributed by atoms with Crippen LogP contribution in [0.3, 0.4) is 0 Å². The molecule has 4 N–H and O–H groups in total. The Labute approximate surface area is 320 Å². The number of aliphatic hydroxyl groups is 1. The van der Waals surface area contributed by atoms with Crippen LogP contribution in [0, 0.1) is 7.43 Å². The fraction of sp³-hybridized carbons (Fsp3) is 0.615. The van der Waals surface area contributed by atoms with Gasteiger partial charge in [-0.25, -0.2) is 18.5 Å². The van der Waals surface area contributed by atoms with Gasteiger partial charge in [-0.1, -0.05) is 84.1 Å². The van der Waals surface area contributed by atoms with E-state index in [9.17, 15) is 13.8 Å². The van der Waals surface area contributed by atoms with Crippen LogP contribution >= 0.6 is 24.8 Å². The van der Waals surface area contributed by atoms with E-state index in [0.717, 1.165) is 56.8 Å². The highest BCUT2D eigenvalue weighted by molar-refractivity contribution is 7.84. The molecule has 50 heavy (non-hydrogen) atoms. The van der Waals surface area contributed by atoms with Gasteiger partial charge in [0.15, 0.2) is 0 Å². The van der Waals surface area contributed by atoms with Crippen LogP contribution in [0.5, 0.6) is 0 Å². The van der Waals surface area contributed by atoms with E-state index in [1.165, 1.54) is 12.8 Å². The number of hydrogen-bond donors (Lipinski definition) is 3. The first-order valence-electron chi connectivity index (χ1n) is 16.7. The molecule has 8 nitrogen and oxygen atoms in total. The van der Waals surface area contributed by atoms with Crippen LogP contribution in [0.4, 0.5) is 0 Å². The van der Waals surface area contributed by atoms with Crippen molar-refractivity contribution >= 4 is 47.7 Å². The van der Waals surface area contributed by atoms with Gasteiger partial charge in [0.05, 0.1) is 39.1 Å². The molecule has 0 amide bonds. The van der Waals surface area contributed by atoms with Crippen LogP contribution in [0.15, 0.2) is 48.5 Å². The fourth-order valence-corrected chi connectivity index (χ4v) is 5.13. The number of nitrogens with one attached hydrogen (secondary N) is 1. The van der Waals surface area contributed by atoms with Gasteiger partial charge in [-0.2, -0.15) is 0 Å². The van der Waals surface area contributed by atoms with Gasteiger partial charge < -0.3 is 27.7 Å². The molecule has 2 aromatic carbocycles. The highest BCUT2D eigenvalue weighted by Crippen LogP contribution is 2.24. The van der Waals surface area contributed by atoms with Crippen molar-refractivity contribution in [2.75, 3.05) is 7.11 Å².